The normalized spacial score (nSPS) is 11.5. The van der Waals surface area contributed by atoms with Crippen LogP contribution in [0.3, 0.4) is 0 Å². The molecule has 1 atom stereocenters. The summed E-state index contributed by atoms with van der Waals surface area (Å²) < 4.78 is 42.2. The van der Waals surface area contributed by atoms with Crippen LogP contribution in [-0.4, -0.2) is 25.0 Å². The standard InChI is InChI=1S/C26H15ClF3N9/c27-20-8-17(35-24(14-1-3-16(28)4-2-14)22-13-39(6-5-31)38-37-22)7-19-23(15(10-32)11-33-25(19)20)36-18-9-21(29)26(30)34-12-18/h1-4,7-9,11-13,24,35H,6H2,(H,33,36). The first-order chi connectivity index (χ1) is 18.9. The average Bonchev–Trinajstić information content (AvgIpc) is 3.39. The van der Waals surface area contributed by atoms with E-state index in [0.29, 0.717) is 27.8 Å². The molecule has 0 bridgehead atoms. The molecule has 3 aromatic heterocycles. The van der Waals surface area contributed by atoms with Gasteiger partial charge in [-0.15, -0.1) is 5.10 Å². The van der Waals surface area contributed by atoms with E-state index in [1.807, 2.05) is 12.1 Å². The number of nitrogens with one attached hydrogen (secondary N) is 2. The second kappa shape index (κ2) is 10.7. The van der Waals surface area contributed by atoms with Gasteiger partial charge in [0.25, 0.3) is 0 Å². The van der Waals surface area contributed by atoms with Crippen molar-refractivity contribution in [3.8, 4) is 12.1 Å². The van der Waals surface area contributed by atoms with Crippen molar-refractivity contribution in [1.82, 2.24) is 25.0 Å². The lowest BCUT2D eigenvalue weighted by Gasteiger charge is -2.20. The smallest absolute Gasteiger partial charge is 0.249 e. The van der Waals surface area contributed by atoms with Gasteiger partial charge in [0.05, 0.1) is 52.0 Å². The number of halogens is 4. The Labute approximate surface area is 224 Å². The highest BCUT2D eigenvalue weighted by atomic mass is 35.5. The van der Waals surface area contributed by atoms with E-state index in [-0.39, 0.29) is 28.5 Å². The van der Waals surface area contributed by atoms with E-state index in [1.54, 1.807) is 30.5 Å². The van der Waals surface area contributed by atoms with E-state index in [1.165, 1.54) is 23.0 Å². The Morgan fingerprint density at radius 3 is 2.51 bits per heavy atom. The van der Waals surface area contributed by atoms with E-state index in [4.69, 9.17) is 16.9 Å². The summed E-state index contributed by atoms with van der Waals surface area (Å²) in [6.45, 7) is -0.0125. The molecule has 39 heavy (non-hydrogen) atoms. The number of pyridine rings is 2. The molecule has 13 heteroatoms. The number of nitriles is 2. The number of rotatable bonds is 7. The second-order valence-electron chi connectivity index (χ2n) is 8.26. The van der Waals surface area contributed by atoms with Crippen molar-refractivity contribution in [2.24, 2.45) is 0 Å². The molecule has 192 valence electrons. The molecular formula is C26H15ClF3N9. The minimum atomic E-state index is -1.26. The third-order valence-electron chi connectivity index (χ3n) is 5.71. The van der Waals surface area contributed by atoms with Gasteiger partial charge in [0.15, 0.2) is 5.82 Å². The van der Waals surface area contributed by atoms with Crippen LogP contribution in [-0.2, 0) is 6.54 Å². The minimum absolute atomic E-state index is 0.0125. The number of aromatic nitrogens is 5. The lowest BCUT2D eigenvalue weighted by Crippen LogP contribution is -2.13. The van der Waals surface area contributed by atoms with E-state index >= 15 is 0 Å². The zero-order chi connectivity index (χ0) is 27.5. The molecule has 3 heterocycles. The molecule has 0 aliphatic heterocycles. The summed E-state index contributed by atoms with van der Waals surface area (Å²) in [6, 6.07) is 13.3. The van der Waals surface area contributed by atoms with Gasteiger partial charge < -0.3 is 10.6 Å². The lowest BCUT2D eigenvalue weighted by molar-refractivity contribution is 0.480. The van der Waals surface area contributed by atoms with Crippen LogP contribution in [0.2, 0.25) is 5.02 Å². The summed E-state index contributed by atoms with van der Waals surface area (Å²) in [4.78, 5) is 7.66. The summed E-state index contributed by atoms with van der Waals surface area (Å²) in [5.41, 5.74) is 2.38. The van der Waals surface area contributed by atoms with Crippen molar-refractivity contribution >= 4 is 39.6 Å². The van der Waals surface area contributed by atoms with Gasteiger partial charge in [0, 0.05) is 23.3 Å². The Morgan fingerprint density at radius 2 is 1.79 bits per heavy atom. The molecule has 5 rings (SSSR count). The maximum Gasteiger partial charge on any atom is 0.249 e. The number of fused-ring (bicyclic) bond motifs is 1. The quantitative estimate of drug-likeness (QED) is 0.252. The number of nitrogens with zero attached hydrogens (tertiary/aromatic N) is 7. The first kappa shape index (κ1) is 25.4. The van der Waals surface area contributed by atoms with Gasteiger partial charge in [-0.2, -0.15) is 14.9 Å². The predicted octanol–water partition coefficient (Wildman–Crippen LogP) is 5.63. The lowest BCUT2D eigenvalue weighted by atomic mass is 10.0. The monoisotopic (exact) mass is 545 g/mol. The van der Waals surface area contributed by atoms with Gasteiger partial charge in [0.1, 0.15) is 24.1 Å². The minimum Gasteiger partial charge on any atom is -0.373 e. The molecule has 2 aromatic carbocycles. The van der Waals surface area contributed by atoms with Crippen molar-refractivity contribution in [2.75, 3.05) is 10.6 Å². The van der Waals surface area contributed by atoms with Crippen molar-refractivity contribution in [1.29, 1.82) is 10.5 Å². The SMILES string of the molecule is N#CCn1cc(C(Nc2cc(Cl)c3ncc(C#N)c(Nc4cnc(F)c(F)c4)c3c2)c2ccc(F)cc2)nn1. The maximum absolute atomic E-state index is 13.8. The van der Waals surface area contributed by atoms with Crippen molar-refractivity contribution in [3.05, 3.63) is 100 Å². The fourth-order valence-corrected chi connectivity index (χ4v) is 4.21. The summed E-state index contributed by atoms with van der Waals surface area (Å²) >= 11 is 6.57. The van der Waals surface area contributed by atoms with Gasteiger partial charge in [-0.1, -0.05) is 28.9 Å². The summed E-state index contributed by atoms with van der Waals surface area (Å²) in [7, 11) is 0. The number of anilines is 3. The number of hydrogen-bond acceptors (Lipinski definition) is 8. The molecule has 0 saturated heterocycles. The highest BCUT2D eigenvalue weighted by Gasteiger charge is 2.20. The largest absolute Gasteiger partial charge is 0.373 e. The Hall–Kier alpha value is -5.20. The Kier molecular flexibility index (Phi) is 6.95. The van der Waals surface area contributed by atoms with Crippen LogP contribution >= 0.6 is 11.6 Å². The molecule has 1 unspecified atom stereocenters. The molecule has 0 amide bonds. The Balaban J connectivity index is 1.61. The van der Waals surface area contributed by atoms with Crippen LogP contribution in [0.15, 0.2) is 61.1 Å². The van der Waals surface area contributed by atoms with Gasteiger partial charge in [-0.3, -0.25) is 4.98 Å². The molecular weight excluding hydrogens is 531 g/mol. The first-order valence-electron chi connectivity index (χ1n) is 11.3. The van der Waals surface area contributed by atoms with Gasteiger partial charge in [-0.05, 0) is 29.8 Å². The molecule has 0 radical (unpaired) electrons. The topological polar surface area (TPSA) is 128 Å². The van der Waals surface area contributed by atoms with Gasteiger partial charge in [0.2, 0.25) is 5.95 Å². The Bertz CT molecular complexity index is 1780. The zero-order valence-electron chi connectivity index (χ0n) is 19.7. The highest BCUT2D eigenvalue weighted by Crippen LogP contribution is 2.36. The molecule has 0 aliphatic rings. The summed E-state index contributed by atoms with van der Waals surface area (Å²) in [6.07, 6.45) is 3.99. The molecule has 0 aliphatic carbocycles. The third kappa shape index (κ3) is 5.28. The van der Waals surface area contributed by atoms with Crippen LogP contribution in [0, 0.1) is 40.2 Å². The van der Waals surface area contributed by atoms with E-state index in [9.17, 15) is 18.4 Å². The van der Waals surface area contributed by atoms with E-state index in [2.05, 4.69) is 30.9 Å². The third-order valence-corrected chi connectivity index (χ3v) is 6.00. The summed E-state index contributed by atoms with van der Waals surface area (Å²) in [5.74, 6) is -2.84. The van der Waals surface area contributed by atoms with Gasteiger partial charge in [-0.25, -0.2) is 18.4 Å². The molecule has 5 aromatic rings. The molecule has 9 nitrogen and oxygen atoms in total. The van der Waals surface area contributed by atoms with E-state index in [0.717, 1.165) is 12.3 Å². The molecule has 0 spiro atoms. The highest BCUT2D eigenvalue weighted by molar-refractivity contribution is 6.36. The fourth-order valence-electron chi connectivity index (χ4n) is 3.94. The van der Waals surface area contributed by atoms with Crippen molar-refractivity contribution in [3.63, 3.8) is 0 Å². The number of benzene rings is 2. The van der Waals surface area contributed by atoms with Crippen LogP contribution in [0.5, 0.6) is 0 Å². The average molecular weight is 546 g/mol. The molecule has 0 fully saturated rings. The van der Waals surface area contributed by atoms with Crippen molar-refractivity contribution < 1.29 is 13.2 Å². The second-order valence-corrected chi connectivity index (χ2v) is 8.67. The van der Waals surface area contributed by atoms with E-state index < -0.39 is 23.6 Å². The molecule has 0 saturated carbocycles. The molecule has 2 N–H and O–H groups in total. The van der Waals surface area contributed by atoms with Crippen LogP contribution in [0.4, 0.5) is 30.2 Å². The number of hydrogen-bond donors (Lipinski definition) is 2. The fraction of sp³-hybridized carbons (Fsp3) is 0.0769. The van der Waals surface area contributed by atoms with Crippen LogP contribution in [0.1, 0.15) is 22.9 Å². The first-order valence-corrected chi connectivity index (χ1v) is 11.6. The van der Waals surface area contributed by atoms with Crippen LogP contribution in [0.25, 0.3) is 10.9 Å². The predicted molar refractivity (Wildman–Crippen MR) is 136 cm³/mol. The maximum atomic E-state index is 13.8. The van der Waals surface area contributed by atoms with Crippen LogP contribution < -0.4 is 10.6 Å². The zero-order valence-corrected chi connectivity index (χ0v) is 20.5. The van der Waals surface area contributed by atoms with Gasteiger partial charge >= 0.3 is 0 Å². The van der Waals surface area contributed by atoms with Crippen molar-refractivity contribution in [2.45, 2.75) is 12.6 Å². The Morgan fingerprint density at radius 1 is 1.00 bits per heavy atom. The summed E-state index contributed by atoms with van der Waals surface area (Å²) in [5, 5.41) is 33.7.